The number of amides is 1. The Morgan fingerprint density at radius 3 is 2.50 bits per heavy atom. The highest BCUT2D eigenvalue weighted by Gasteiger charge is 2.28. The Hall–Kier alpha value is -1.64. The maximum atomic E-state index is 13.0. The minimum atomic E-state index is -3.80. The number of unbranched alkanes of at least 4 members (excludes halogenated alkanes) is 1. The fourth-order valence-electron chi connectivity index (χ4n) is 2.92. The van der Waals surface area contributed by atoms with Gasteiger partial charge in [-0.05, 0) is 37.5 Å². The lowest BCUT2D eigenvalue weighted by atomic mass is 10.2. The largest absolute Gasteiger partial charge is 0.452 e. The first-order valence-corrected chi connectivity index (χ1v) is 11.4. The number of carbonyl (C=O) groups excluding carboxylic acids is 2. The zero-order valence-electron chi connectivity index (χ0n) is 16.1. The van der Waals surface area contributed by atoms with Crippen molar-refractivity contribution in [2.24, 2.45) is 0 Å². The summed E-state index contributed by atoms with van der Waals surface area (Å²) < 4.78 is 32.4. The molecule has 0 unspecified atom stereocenters. The first-order chi connectivity index (χ1) is 13.4. The van der Waals surface area contributed by atoms with Crippen molar-refractivity contribution in [3.05, 3.63) is 28.8 Å². The Bertz CT molecular complexity index is 790. The van der Waals surface area contributed by atoms with Gasteiger partial charge in [0.2, 0.25) is 10.0 Å². The van der Waals surface area contributed by atoms with Crippen LogP contribution in [0.4, 0.5) is 0 Å². The highest BCUT2D eigenvalue weighted by atomic mass is 35.5. The third kappa shape index (κ3) is 6.18. The molecule has 0 saturated carbocycles. The van der Waals surface area contributed by atoms with Gasteiger partial charge in [-0.25, -0.2) is 13.2 Å². The molecule has 1 fully saturated rings. The lowest BCUT2D eigenvalue weighted by Crippen LogP contribution is -2.32. The number of hydrogen-bond acceptors (Lipinski definition) is 5. The maximum Gasteiger partial charge on any atom is 0.338 e. The molecule has 1 aromatic carbocycles. The number of nitrogens with one attached hydrogen (secondary N) is 1. The Morgan fingerprint density at radius 1 is 1.18 bits per heavy atom. The third-order valence-corrected chi connectivity index (χ3v) is 6.92. The average molecular weight is 431 g/mol. The van der Waals surface area contributed by atoms with Crippen LogP contribution in [0.15, 0.2) is 23.1 Å². The van der Waals surface area contributed by atoms with E-state index in [1.165, 1.54) is 22.5 Å². The molecule has 1 aliphatic heterocycles. The minimum Gasteiger partial charge on any atom is -0.452 e. The standard InChI is InChI=1S/C19H27ClN2O5S/c1-2-3-10-21-18(23)14-27-19(24)15-8-9-16(20)17(13-15)28(25,26)22-11-6-4-5-7-12-22/h8-9,13H,2-7,10-12,14H2,1H3,(H,21,23). The molecule has 1 saturated heterocycles. The van der Waals surface area contributed by atoms with Crippen LogP contribution in [0, 0.1) is 0 Å². The molecule has 156 valence electrons. The molecule has 2 rings (SSSR count). The van der Waals surface area contributed by atoms with Crippen LogP contribution in [-0.4, -0.2) is 50.8 Å². The molecule has 0 aromatic heterocycles. The summed E-state index contributed by atoms with van der Waals surface area (Å²) in [5, 5.41) is 2.70. The predicted octanol–water partition coefficient (Wildman–Crippen LogP) is 2.98. The summed E-state index contributed by atoms with van der Waals surface area (Å²) in [6.07, 6.45) is 5.37. The number of hydrogen-bond donors (Lipinski definition) is 1. The average Bonchev–Trinajstić information content (AvgIpc) is 2.96. The molecule has 0 aliphatic carbocycles. The highest BCUT2D eigenvalue weighted by molar-refractivity contribution is 7.89. The molecule has 1 aromatic rings. The summed E-state index contributed by atoms with van der Waals surface area (Å²) in [6, 6.07) is 3.98. The second-order valence-corrected chi connectivity index (χ2v) is 9.06. The van der Waals surface area contributed by atoms with Gasteiger partial charge in [-0.2, -0.15) is 4.31 Å². The van der Waals surface area contributed by atoms with Crippen LogP contribution >= 0.6 is 11.6 Å². The molecule has 9 heteroatoms. The van der Waals surface area contributed by atoms with Gasteiger partial charge in [0.15, 0.2) is 6.61 Å². The SMILES string of the molecule is CCCCNC(=O)COC(=O)c1ccc(Cl)c(S(=O)(=O)N2CCCCCC2)c1. The van der Waals surface area contributed by atoms with Crippen LogP contribution in [0.2, 0.25) is 5.02 Å². The number of esters is 1. The van der Waals surface area contributed by atoms with E-state index >= 15 is 0 Å². The van der Waals surface area contributed by atoms with Gasteiger partial charge < -0.3 is 10.1 Å². The third-order valence-electron chi connectivity index (χ3n) is 4.54. The molecule has 0 radical (unpaired) electrons. The number of ether oxygens (including phenoxy) is 1. The number of nitrogens with zero attached hydrogens (tertiary/aromatic N) is 1. The van der Waals surface area contributed by atoms with Crippen LogP contribution < -0.4 is 5.32 Å². The summed E-state index contributed by atoms with van der Waals surface area (Å²) in [5.74, 6) is -1.16. The molecule has 0 bridgehead atoms. The fraction of sp³-hybridized carbons (Fsp3) is 0.579. The van der Waals surface area contributed by atoms with E-state index in [0.717, 1.165) is 38.5 Å². The lowest BCUT2D eigenvalue weighted by Gasteiger charge is -2.21. The molecular formula is C19H27ClN2O5S. The van der Waals surface area contributed by atoms with E-state index in [4.69, 9.17) is 16.3 Å². The fourth-order valence-corrected chi connectivity index (χ4v) is 4.94. The van der Waals surface area contributed by atoms with Gasteiger partial charge in [-0.1, -0.05) is 37.8 Å². The van der Waals surface area contributed by atoms with E-state index in [0.29, 0.717) is 19.6 Å². The zero-order chi connectivity index (χ0) is 20.6. The van der Waals surface area contributed by atoms with E-state index in [1.807, 2.05) is 6.92 Å². The molecule has 0 atom stereocenters. The summed E-state index contributed by atoms with van der Waals surface area (Å²) in [5.41, 5.74) is 0.0409. The Kier molecular flexibility index (Phi) is 8.72. The first-order valence-electron chi connectivity index (χ1n) is 9.59. The lowest BCUT2D eigenvalue weighted by molar-refractivity contribution is -0.124. The maximum absolute atomic E-state index is 13.0. The van der Waals surface area contributed by atoms with Gasteiger partial charge in [-0.3, -0.25) is 4.79 Å². The number of sulfonamides is 1. The second kappa shape index (κ2) is 10.8. The highest BCUT2D eigenvalue weighted by Crippen LogP contribution is 2.27. The minimum absolute atomic E-state index is 0.0409. The van der Waals surface area contributed by atoms with E-state index in [1.54, 1.807) is 0 Å². The van der Waals surface area contributed by atoms with Gasteiger partial charge in [0.05, 0.1) is 10.6 Å². The number of rotatable bonds is 8. The first kappa shape index (κ1) is 22.6. The summed E-state index contributed by atoms with van der Waals surface area (Å²) in [7, 11) is -3.80. The van der Waals surface area contributed by atoms with Gasteiger partial charge in [0, 0.05) is 19.6 Å². The molecular weight excluding hydrogens is 404 g/mol. The summed E-state index contributed by atoms with van der Waals surface area (Å²) in [4.78, 5) is 23.8. The van der Waals surface area contributed by atoms with E-state index in [9.17, 15) is 18.0 Å². The van der Waals surface area contributed by atoms with Crippen LogP contribution in [0.1, 0.15) is 55.8 Å². The molecule has 28 heavy (non-hydrogen) atoms. The smallest absolute Gasteiger partial charge is 0.338 e. The molecule has 1 heterocycles. The van der Waals surface area contributed by atoms with Gasteiger partial charge in [-0.15, -0.1) is 0 Å². The van der Waals surface area contributed by atoms with Crippen molar-refractivity contribution in [3.8, 4) is 0 Å². The van der Waals surface area contributed by atoms with Crippen molar-refractivity contribution in [1.82, 2.24) is 9.62 Å². The Labute approximate surface area is 171 Å². The quantitative estimate of drug-likeness (QED) is 0.505. The van der Waals surface area contributed by atoms with Gasteiger partial charge >= 0.3 is 5.97 Å². The molecule has 1 aliphatic rings. The van der Waals surface area contributed by atoms with E-state index in [-0.39, 0.29) is 15.5 Å². The Morgan fingerprint density at radius 2 is 1.86 bits per heavy atom. The van der Waals surface area contributed by atoms with Gasteiger partial charge in [0.25, 0.3) is 5.91 Å². The zero-order valence-corrected chi connectivity index (χ0v) is 17.7. The van der Waals surface area contributed by atoms with Gasteiger partial charge in [0.1, 0.15) is 4.90 Å². The molecule has 0 spiro atoms. The van der Waals surface area contributed by atoms with Crippen molar-refractivity contribution >= 4 is 33.5 Å². The summed E-state index contributed by atoms with van der Waals surface area (Å²) in [6.45, 7) is 2.98. The normalized spacial score (nSPS) is 15.6. The van der Waals surface area contributed by atoms with Crippen molar-refractivity contribution in [2.75, 3.05) is 26.2 Å². The molecule has 7 nitrogen and oxygen atoms in total. The van der Waals surface area contributed by atoms with Crippen LogP contribution in [-0.2, 0) is 19.6 Å². The monoisotopic (exact) mass is 430 g/mol. The van der Waals surface area contributed by atoms with Crippen molar-refractivity contribution in [2.45, 2.75) is 50.3 Å². The van der Waals surface area contributed by atoms with Crippen LogP contribution in [0.3, 0.4) is 0 Å². The van der Waals surface area contributed by atoms with Crippen LogP contribution in [0.25, 0.3) is 0 Å². The molecule has 1 amide bonds. The Balaban J connectivity index is 2.09. The molecule has 1 N–H and O–H groups in total. The van der Waals surface area contributed by atoms with Crippen molar-refractivity contribution in [3.63, 3.8) is 0 Å². The number of halogens is 1. The van der Waals surface area contributed by atoms with Crippen molar-refractivity contribution < 1.29 is 22.7 Å². The van der Waals surface area contributed by atoms with Crippen molar-refractivity contribution in [1.29, 1.82) is 0 Å². The summed E-state index contributed by atoms with van der Waals surface area (Å²) >= 11 is 6.12. The number of benzene rings is 1. The second-order valence-electron chi connectivity index (χ2n) is 6.74. The predicted molar refractivity (Wildman–Crippen MR) is 107 cm³/mol. The number of carbonyl (C=O) groups is 2. The van der Waals surface area contributed by atoms with E-state index in [2.05, 4.69) is 5.32 Å². The van der Waals surface area contributed by atoms with E-state index < -0.39 is 28.5 Å². The van der Waals surface area contributed by atoms with Crippen LogP contribution in [0.5, 0.6) is 0 Å². The topological polar surface area (TPSA) is 92.8 Å².